The van der Waals surface area contributed by atoms with Gasteiger partial charge in [0, 0.05) is 18.8 Å². The molecule has 0 unspecified atom stereocenters. The normalized spacial score (nSPS) is 19.6. The molecule has 88 valence electrons. The lowest BCUT2D eigenvalue weighted by Crippen LogP contribution is -2.10. The van der Waals surface area contributed by atoms with Crippen LogP contribution in [0.3, 0.4) is 0 Å². The van der Waals surface area contributed by atoms with Crippen molar-refractivity contribution in [2.24, 2.45) is 5.92 Å². The van der Waals surface area contributed by atoms with Crippen LogP contribution in [-0.4, -0.2) is 11.6 Å². The molecule has 0 saturated heterocycles. The van der Waals surface area contributed by atoms with Crippen molar-refractivity contribution < 1.29 is 9.59 Å². The van der Waals surface area contributed by atoms with E-state index in [9.17, 15) is 9.59 Å². The molecule has 2 nitrogen and oxygen atoms in total. The van der Waals surface area contributed by atoms with Gasteiger partial charge in [-0.2, -0.15) is 0 Å². The van der Waals surface area contributed by atoms with Gasteiger partial charge in [0.2, 0.25) is 0 Å². The van der Waals surface area contributed by atoms with Crippen LogP contribution in [0.2, 0.25) is 0 Å². The third-order valence-corrected chi connectivity index (χ3v) is 3.21. The maximum absolute atomic E-state index is 11.1. The van der Waals surface area contributed by atoms with Crippen LogP contribution in [0.4, 0.5) is 0 Å². The number of hydrogen-bond acceptors (Lipinski definition) is 2. The largest absolute Gasteiger partial charge is 0.295 e. The highest BCUT2D eigenvalue weighted by molar-refractivity contribution is 5.93. The number of carbonyl (C=O) groups is 2. The average molecular weight is 228 g/mol. The molecule has 0 atom stereocenters. The molecule has 2 aliphatic carbocycles. The molecule has 0 amide bonds. The molecule has 0 radical (unpaired) electrons. The van der Waals surface area contributed by atoms with Gasteiger partial charge in [0.25, 0.3) is 0 Å². The first-order valence-corrected chi connectivity index (χ1v) is 6.02. The molecule has 0 heterocycles. The van der Waals surface area contributed by atoms with Gasteiger partial charge >= 0.3 is 0 Å². The van der Waals surface area contributed by atoms with Gasteiger partial charge in [-0.3, -0.25) is 9.59 Å². The van der Waals surface area contributed by atoms with E-state index in [4.69, 9.17) is 0 Å². The Morgan fingerprint density at radius 3 is 1.71 bits per heavy atom. The van der Waals surface area contributed by atoms with Crippen molar-refractivity contribution in [2.45, 2.75) is 26.2 Å². The van der Waals surface area contributed by atoms with E-state index in [0.29, 0.717) is 18.8 Å². The van der Waals surface area contributed by atoms with E-state index in [-0.39, 0.29) is 11.6 Å². The van der Waals surface area contributed by atoms with E-state index >= 15 is 0 Å². The minimum atomic E-state index is 0.159. The topological polar surface area (TPSA) is 34.1 Å². The van der Waals surface area contributed by atoms with Crippen molar-refractivity contribution in [3.8, 4) is 0 Å². The van der Waals surface area contributed by atoms with Crippen molar-refractivity contribution in [3.05, 3.63) is 47.6 Å². The molecule has 2 aliphatic rings. The summed E-state index contributed by atoms with van der Waals surface area (Å²) in [5.41, 5.74) is 2.38. The van der Waals surface area contributed by atoms with Crippen LogP contribution in [0.15, 0.2) is 47.6 Å². The lowest BCUT2D eigenvalue weighted by Gasteiger charge is -2.21. The fraction of sp³-hybridized carbons (Fsp3) is 0.333. The smallest absolute Gasteiger partial charge is 0.159 e. The van der Waals surface area contributed by atoms with Crippen LogP contribution in [0, 0.1) is 5.92 Å². The van der Waals surface area contributed by atoms with Crippen LogP contribution in [0.1, 0.15) is 26.2 Å². The quantitative estimate of drug-likeness (QED) is 0.744. The van der Waals surface area contributed by atoms with Crippen LogP contribution < -0.4 is 0 Å². The Balaban J connectivity index is 2.18. The summed E-state index contributed by atoms with van der Waals surface area (Å²) in [7, 11) is 0. The predicted molar refractivity (Wildman–Crippen MR) is 67.5 cm³/mol. The first-order valence-electron chi connectivity index (χ1n) is 6.02. The summed E-state index contributed by atoms with van der Waals surface area (Å²) in [6.07, 6.45) is 13.1. The standard InChI is InChI=1S/C15H16O2/c1-2-15(11-3-7-13(16)8-4-11)12-5-9-14(17)10-6-12/h3-7,9,15H,2,8,10H2,1H3. The molecule has 0 bridgehead atoms. The van der Waals surface area contributed by atoms with E-state index in [0.717, 1.165) is 6.42 Å². The Kier molecular flexibility index (Phi) is 3.52. The van der Waals surface area contributed by atoms with Crippen LogP contribution >= 0.6 is 0 Å². The number of ketones is 2. The van der Waals surface area contributed by atoms with Crippen molar-refractivity contribution >= 4 is 11.6 Å². The SMILES string of the molecule is CCC(C1=CCC(=O)C=C1)C1=CCC(=O)C=C1. The molecule has 0 aliphatic heterocycles. The Labute approximate surface area is 101 Å². The molecule has 0 spiro atoms. The summed E-state index contributed by atoms with van der Waals surface area (Å²) in [4.78, 5) is 22.3. The zero-order valence-electron chi connectivity index (χ0n) is 9.98. The van der Waals surface area contributed by atoms with Gasteiger partial charge in [0.1, 0.15) is 0 Å². The molecule has 2 heteroatoms. The average Bonchev–Trinajstić information content (AvgIpc) is 2.35. The lowest BCUT2D eigenvalue weighted by atomic mass is 9.83. The van der Waals surface area contributed by atoms with Crippen LogP contribution in [0.5, 0.6) is 0 Å². The van der Waals surface area contributed by atoms with E-state index in [1.54, 1.807) is 12.2 Å². The van der Waals surface area contributed by atoms with Gasteiger partial charge in [-0.25, -0.2) is 0 Å². The van der Waals surface area contributed by atoms with E-state index in [2.05, 4.69) is 6.92 Å². The van der Waals surface area contributed by atoms with Crippen molar-refractivity contribution in [1.29, 1.82) is 0 Å². The van der Waals surface area contributed by atoms with Gasteiger partial charge in [-0.1, -0.05) is 31.2 Å². The Morgan fingerprint density at radius 2 is 1.41 bits per heavy atom. The summed E-state index contributed by atoms with van der Waals surface area (Å²) in [6, 6.07) is 0. The first kappa shape index (κ1) is 11.8. The monoisotopic (exact) mass is 228 g/mol. The summed E-state index contributed by atoms with van der Waals surface area (Å²) < 4.78 is 0. The first-order chi connectivity index (χ1) is 8.20. The summed E-state index contributed by atoms with van der Waals surface area (Å²) in [5, 5.41) is 0. The number of allylic oxidation sites excluding steroid dienone is 8. The highest BCUT2D eigenvalue weighted by atomic mass is 16.1. The maximum Gasteiger partial charge on any atom is 0.159 e. The summed E-state index contributed by atoms with van der Waals surface area (Å²) in [5.74, 6) is 0.627. The maximum atomic E-state index is 11.1. The van der Waals surface area contributed by atoms with Gasteiger partial charge in [-0.15, -0.1) is 0 Å². The zero-order valence-corrected chi connectivity index (χ0v) is 9.98. The highest BCUT2D eigenvalue weighted by Crippen LogP contribution is 2.29. The minimum Gasteiger partial charge on any atom is -0.295 e. The van der Waals surface area contributed by atoms with Crippen molar-refractivity contribution in [1.82, 2.24) is 0 Å². The third-order valence-electron chi connectivity index (χ3n) is 3.21. The fourth-order valence-electron chi connectivity index (χ4n) is 2.27. The Bertz CT molecular complexity index is 419. The third kappa shape index (κ3) is 2.70. The highest BCUT2D eigenvalue weighted by Gasteiger charge is 2.18. The summed E-state index contributed by atoms with van der Waals surface area (Å²) in [6.45, 7) is 2.13. The zero-order chi connectivity index (χ0) is 12.3. The molecule has 0 aromatic rings. The number of rotatable bonds is 3. The lowest BCUT2D eigenvalue weighted by molar-refractivity contribution is -0.114. The van der Waals surface area contributed by atoms with Gasteiger partial charge in [-0.05, 0) is 29.7 Å². The molecule has 0 N–H and O–H groups in total. The van der Waals surface area contributed by atoms with Crippen LogP contribution in [0.25, 0.3) is 0 Å². The number of carbonyl (C=O) groups excluding carboxylic acids is 2. The Morgan fingerprint density at radius 1 is 0.941 bits per heavy atom. The predicted octanol–water partition coefficient (Wildman–Crippen LogP) is 2.92. The second-order valence-corrected chi connectivity index (χ2v) is 4.38. The molecule has 0 fully saturated rings. The van der Waals surface area contributed by atoms with Crippen LogP contribution in [-0.2, 0) is 9.59 Å². The van der Waals surface area contributed by atoms with E-state index in [1.807, 2.05) is 24.3 Å². The van der Waals surface area contributed by atoms with Gasteiger partial charge in [0.15, 0.2) is 11.6 Å². The molecular weight excluding hydrogens is 212 g/mol. The Hall–Kier alpha value is -1.70. The number of hydrogen-bond donors (Lipinski definition) is 0. The minimum absolute atomic E-state index is 0.159. The fourth-order valence-corrected chi connectivity index (χ4v) is 2.27. The molecule has 0 aromatic heterocycles. The second-order valence-electron chi connectivity index (χ2n) is 4.38. The molecular formula is C15H16O2. The molecule has 0 aromatic carbocycles. The second kappa shape index (κ2) is 5.09. The van der Waals surface area contributed by atoms with Crippen molar-refractivity contribution in [2.75, 3.05) is 0 Å². The van der Waals surface area contributed by atoms with Gasteiger partial charge < -0.3 is 0 Å². The van der Waals surface area contributed by atoms with E-state index in [1.165, 1.54) is 11.1 Å². The molecule has 0 saturated carbocycles. The molecule has 17 heavy (non-hydrogen) atoms. The van der Waals surface area contributed by atoms with Gasteiger partial charge in [0.05, 0.1) is 0 Å². The van der Waals surface area contributed by atoms with E-state index < -0.39 is 0 Å². The van der Waals surface area contributed by atoms with Crippen molar-refractivity contribution in [3.63, 3.8) is 0 Å². The summed E-state index contributed by atoms with van der Waals surface area (Å²) >= 11 is 0. The molecule has 2 rings (SSSR count).